The fourth-order valence-corrected chi connectivity index (χ4v) is 1.70. The molecular weight excluding hydrogens is 217 g/mol. The van der Waals surface area contributed by atoms with Crippen LogP contribution in [0.2, 0.25) is 0 Å². The highest BCUT2D eigenvalue weighted by molar-refractivity contribution is 5.23. The van der Waals surface area contributed by atoms with Crippen LogP contribution in [0.25, 0.3) is 0 Å². The lowest BCUT2D eigenvalue weighted by molar-refractivity contribution is 0.627. The number of hydrogen-bond acceptors (Lipinski definition) is 3. The maximum Gasteiger partial charge on any atom is 0.125 e. The Hall–Kier alpha value is -1.81. The highest BCUT2D eigenvalue weighted by Crippen LogP contribution is 2.10. The van der Waals surface area contributed by atoms with E-state index in [1.165, 1.54) is 12.1 Å². The first kappa shape index (κ1) is 11.7. The van der Waals surface area contributed by atoms with Gasteiger partial charge >= 0.3 is 0 Å². The molecule has 4 heteroatoms. The second kappa shape index (κ2) is 5.01. The van der Waals surface area contributed by atoms with Gasteiger partial charge in [-0.3, -0.25) is 0 Å². The van der Waals surface area contributed by atoms with E-state index in [9.17, 15) is 4.39 Å². The fourth-order valence-electron chi connectivity index (χ4n) is 1.70. The van der Waals surface area contributed by atoms with Gasteiger partial charge in [-0.25, -0.2) is 14.4 Å². The van der Waals surface area contributed by atoms with Crippen molar-refractivity contribution in [3.05, 3.63) is 58.9 Å². The van der Waals surface area contributed by atoms with E-state index in [0.29, 0.717) is 18.8 Å². The lowest BCUT2D eigenvalue weighted by Gasteiger charge is -2.05. The molecule has 0 atom stereocenters. The molecule has 0 spiro atoms. The quantitative estimate of drug-likeness (QED) is 0.878. The lowest BCUT2D eigenvalue weighted by Crippen LogP contribution is -2.05. The molecule has 0 bridgehead atoms. The summed E-state index contributed by atoms with van der Waals surface area (Å²) in [6, 6.07) is 8.31. The number of aryl methyl sites for hydroxylation is 1. The van der Waals surface area contributed by atoms with Crippen molar-refractivity contribution in [1.29, 1.82) is 0 Å². The molecule has 0 radical (unpaired) electrons. The van der Waals surface area contributed by atoms with Gasteiger partial charge in [-0.05, 0) is 30.7 Å². The van der Waals surface area contributed by atoms with Gasteiger partial charge in [0.1, 0.15) is 11.6 Å². The van der Waals surface area contributed by atoms with E-state index >= 15 is 0 Å². The normalized spacial score (nSPS) is 10.5. The molecule has 17 heavy (non-hydrogen) atoms. The summed E-state index contributed by atoms with van der Waals surface area (Å²) in [6.45, 7) is 2.24. The summed E-state index contributed by atoms with van der Waals surface area (Å²) in [7, 11) is 0. The molecule has 3 nitrogen and oxygen atoms in total. The standard InChI is InChI=1S/C13H14FN3/c1-9-16-12(7-13(8-15)17-9)6-10-2-4-11(14)5-3-10/h2-5,7H,6,8,15H2,1H3. The van der Waals surface area contributed by atoms with Crippen LogP contribution < -0.4 is 5.73 Å². The Morgan fingerprint density at radius 2 is 1.76 bits per heavy atom. The number of aromatic nitrogens is 2. The minimum atomic E-state index is -0.227. The molecule has 1 aromatic heterocycles. The van der Waals surface area contributed by atoms with Gasteiger partial charge in [0.2, 0.25) is 0 Å². The Bertz CT molecular complexity index is 509. The summed E-state index contributed by atoms with van der Waals surface area (Å²) < 4.78 is 12.8. The molecule has 0 amide bonds. The van der Waals surface area contributed by atoms with Crippen LogP contribution in [0.4, 0.5) is 4.39 Å². The zero-order chi connectivity index (χ0) is 12.3. The zero-order valence-corrected chi connectivity index (χ0v) is 9.65. The van der Waals surface area contributed by atoms with Crippen LogP contribution in [-0.2, 0) is 13.0 Å². The van der Waals surface area contributed by atoms with Crippen molar-refractivity contribution in [2.75, 3.05) is 0 Å². The molecule has 88 valence electrons. The Kier molecular flexibility index (Phi) is 3.44. The van der Waals surface area contributed by atoms with Gasteiger partial charge in [-0.1, -0.05) is 12.1 Å². The summed E-state index contributed by atoms with van der Waals surface area (Å²) in [5.74, 6) is 0.486. The Labute approximate surface area is 99.5 Å². The van der Waals surface area contributed by atoms with Crippen molar-refractivity contribution in [2.45, 2.75) is 19.9 Å². The van der Waals surface area contributed by atoms with Gasteiger partial charge in [-0.15, -0.1) is 0 Å². The van der Waals surface area contributed by atoms with Crippen molar-refractivity contribution in [3.63, 3.8) is 0 Å². The molecule has 0 aliphatic heterocycles. The molecule has 1 aromatic carbocycles. The van der Waals surface area contributed by atoms with Gasteiger partial charge in [0.15, 0.2) is 0 Å². The minimum Gasteiger partial charge on any atom is -0.325 e. The monoisotopic (exact) mass is 231 g/mol. The maximum atomic E-state index is 12.8. The first-order chi connectivity index (χ1) is 8.17. The van der Waals surface area contributed by atoms with Crippen LogP contribution >= 0.6 is 0 Å². The number of benzene rings is 1. The molecule has 2 aromatic rings. The van der Waals surface area contributed by atoms with E-state index in [2.05, 4.69) is 9.97 Å². The van der Waals surface area contributed by atoms with Crippen molar-refractivity contribution in [2.24, 2.45) is 5.73 Å². The van der Waals surface area contributed by atoms with Crippen LogP contribution in [0.5, 0.6) is 0 Å². The van der Waals surface area contributed by atoms with Gasteiger partial charge < -0.3 is 5.73 Å². The van der Waals surface area contributed by atoms with Crippen LogP contribution in [0.3, 0.4) is 0 Å². The average Bonchev–Trinajstić information content (AvgIpc) is 2.31. The van der Waals surface area contributed by atoms with Gasteiger partial charge in [0.25, 0.3) is 0 Å². The van der Waals surface area contributed by atoms with Crippen molar-refractivity contribution in [3.8, 4) is 0 Å². The molecule has 0 aliphatic carbocycles. The third kappa shape index (κ3) is 3.07. The van der Waals surface area contributed by atoms with Crippen LogP contribution in [0, 0.1) is 12.7 Å². The molecule has 0 unspecified atom stereocenters. The zero-order valence-electron chi connectivity index (χ0n) is 9.65. The number of rotatable bonds is 3. The predicted molar refractivity (Wildman–Crippen MR) is 63.9 cm³/mol. The van der Waals surface area contributed by atoms with Crippen LogP contribution in [0.1, 0.15) is 22.8 Å². The summed E-state index contributed by atoms with van der Waals surface area (Å²) in [6.07, 6.45) is 0.663. The Morgan fingerprint density at radius 3 is 2.41 bits per heavy atom. The largest absolute Gasteiger partial charge is 0.325 e. The van der Waals surface area contributed by atoms with E-state index in [-0.39, 0.29) is 5.82 Å². The highest BCUT2D eigenvalue weighted by atomic mass is 19.1. The minimum absolute atomic E-state index is 0.227. The van der Waals surface area contributed by atoms with Crippen LogP contribution in [-0.4, -0.2) is 9.97 Å². The topological polar surface area (TPSA) is 51.8 Å². The van der Waals surface area contributed by atoms with Crippen LogP contribution in [0.15, 0.2) is 30.3 Å². The van der Waals surface area contributed by atoms with E-state index < -0.39 is 0 Å². The second-order valence-corrected chi connectivity index (χ2v) is 3.91. The molecule has 1 heterocycles. The van der Waals surface area contributed by atoms with Gasteiger partial charge in [0, 0.05) is 18.7 Å². The molecule has 0 saturated heterocycles. The SMILES string of the molecule is Cc1nc(CN)cc(Cc2ccc(F)cc2)n1. The van der Waals surface area contributed by atoms with Crippen molar-refractivity contribution in [1.82, 2.24) is 9.97 Å². The number of hydrogen-bond donors (Lipinski definition) is 1. The summed E-state index contributed by atoms with van der Waals surface area (Å²) in [4.78, 5) is 8.55. The van der Waals surface area contributed by atoms with E-state index in [1.54, 1.807) is 12.1 Å². The van der Waals surface area contributed by atoms with Gasteiger partial charge in [0.05, 0.1) is 5.69 Å². The fraction of sp³-hybridized carbons (Fsp3) is 0.231. The van der Waals surface area contributed by atoms with Crippen molar-refractivity contribution < 1.29 is 4.39 Å². The molecular formula is C13H14FN3. The van der Waals surface area contributed by atoms with Gasteiger partial charge in [-0.2, -0.15) is 0 Å². The number of halogens is 1. The average molecular weight is 231 g/mol. The van der Waals surface area contributed by atoms with E-state index in [1.807, 2.05) is 13.0 Å². The smallest absolute Gasteiger partial charge is 0.125 e. The summed E-state index contributed by atoms with van der Waals surface area (Å²) in [5.41, 5.74) is 8.32. The molecule has 0 fully saturated rings. The number of nitrogens with zero attached hydrogens (tertiary/aromatic N) is 2. The third-order valence-electron chi connectivity index (χ3n) is 2.45. The molecule has 2 N–H and O–H groups in total. The molecule has 0 saturated carbocycles. The van der Waals surface area contributed by atoms with E-state index in [0.717, 1.165) is 17.0 Å². The summed E-state index contributed by atoms with van der Waals surface area (Å²) >= 11 is 0. The third-order valence-corrected chi connectivity index (χ3v) is 2.45. The summed E-state index contributed by atoms with van der Waals surface area (Å²) in [5, 5.41) is 0. The Balaban J connectivity index is 2.23. The second-order valence-electron chi connectivity index (χ2n) is 3.91. The number of nitrogens with two attached hydrogens (primary N) is 1. The Morgan fingerprint density at radius 1 is 1.12 bits per heavy atom. The van der Waals surface area contributed by atoms with E-state index in [4.69, 9.17) is 5.73 Å². The lowest BCUT2D eigenvalue weighted by atomic mass is 10.1. The van der Waals surface area contributed by atoms with Crippen molar-refractivity contribution >= 4 is 0 Å². The first-order valence-electron chi connectivity index (χ1n) is 5.45. The molecule has 0 aliphatic rings. The molecule has 2 rings (SSSR count). The highest BCUT2D eigenvalue weighted by Gasteiger charge is 2.02. The predicted octanol–water partition coefficient (Wildman–Crippen LogP) is 1.97. The maximum absolute atomic E-state index is 12.8. The first-order valence-corrected chi connectivity index (χ1v) is 5.45.